The summed E-state index contributed by atoms with van der Waals surface area (Å²) in [5.41, 5.74) is 2.97. The molecule has 0 aromatic carbocycles. The molecule has 2 heterocycles. The Bertz CT molecular complexity index is 465. The van der Waals surface area contributed by atoms with Gasteiger partial charge in [0.25, 0.3) is 0 Å². The molecule has 1 unspecified atom stereocenters. The Morgan fingerprint density at radius 1 is 1.33 bits per heavy atom. The molecule has 3 heteroatoms. The summed E-state index contributed by atoms with van der Waals surface area (Å²) in [6, 6.07) is 4.87. The van der Waals surface area contributed by atoms with E-state index in [0.29, 0.717) is 11.6 Å². The molecule has 2 fully saturated rings. The molecular formula is C18H29N3. The van der Waals surface area contributed by atoms with E-state index in [1.54, 1.807) is 0 Å². The zero-order valence-corrected chi connectivity index (χ0v) is 13.6. The number of nitrogens with one attached hydrogen (secondary N) is 1. The van der Waals surface area contributed by atoms with E-state index in [2.05, 4.69) is 35.1 Å². The lowest BCUT2D eigenvalue weighted by Crippen LogP contribution is -2.64. The molecule has 1 N–H and O–H groups in total. The van der Waals surface area contributed by atoms with Crippen LogP contribution in [0, 0.1) is 6.92 Å². The summed E-state index contributed by atoms with van der Waals surface area (Å²) in [6.07, 6.45) is 10.0. The van der Waals surface area contributed by atoms with Crippen molar-refractivity contribution in [2.45, 2.75) is 70.5 Å². The number of hydrogen-bond donors (Lipinski definition) is 1. The van der Waals surface area contributed by atoms with Crippen LogP contribution in [0.5, 0.6) is 0 Å². The molecule has 1 aromatic rings. The van der Waals surface area contributed by atoms with E-state index in [0.717, 1.165) is 13.1 Å². The summed E-state index contributed by atoms with van der Waals surface area (Å²) in [5.74, 6) is 0. The third-order valence-corrected chi connectivity index (χ3v) is 5.57. The lowest BCUT2D eigenvalue weighted by atomic mass is 9.78. The highest BCUT2D eigenvalue weighted by atomic mass is 15.3. The molecule has 1 saturated heterocycles. The van der Waals surface area contributed by atoms with Crippen LogP contribution >= 0.6 is 0 Å². The maximum absolute atomic E-state index is 4.64. The molecule has 1 spiro atoms. The molecule has 1 atom stereocenters. The van der Waals surface area contributed by atoms with Crippen LogP contribution in [0.2, 0.25) is 0 Å². The van der Waals surface area contributed by atoms with Gasteiger partial charge in [-0.3, -0.25) is 9.88 Å². The standard InChI is InChI=1S/C18H29N3/c1-3-16-12-21(13-17-15(2)8-7-11-19-17)18(14-20-16)9-5-4-6-10-18/h7-8,11,16,20H,3-6,9-10,12-14H2,1-2H3. The van der Waals surface area contributed by atoms with Crippen molar-refractivity contribution in [3.05, 3.63) is 29.6 Å². The van der Waals surface area contributed by atoms with E-state index in [1.807, 2.05) is 12.3 Å². The van der Waals surface area contributed by atoms with Gasteiger partial charge in [-0.25, -0.2) is 0 Å². The second-order valence-corrected chi connectivity index (χ2v) is 6.92. The van der Waals surface area contributed by atoms with Gasteiger partial charge in [0, 0.05) is 37.4 Å². The van der Waals surface area contributed by atoms with Crippen LogP contribution in [-0.2, 0) is 6.54 Å². The van der Waals surface area contributed by atoms with E-state index in [-0.39, 0.29) is 0 Å². The van der Waals surface area contributed by atoms with Crippen molar-refractivity contribution in [2.75, 3.05) is 13.1 Å². The van der Waals surface area contributed by atoms with Crippen molar-refractivity contribution in [3.63, 3.8) is 0 Å². The summed E-state index contributed by atoms with van der Waals surface area (Å²) < 4.78 is 0. The van der Waals surface area contributed by atoms with Crippen LogP contribution in [0.25, 0.3) is 0 Å². The molecule has 0 bridgehead atoms. The summed E-state index contributed by atoms with van der Waals surface area (Å²) >= 11 is 0. The van der Waals surface area contributed by atoms with Crippen LogP contribution in [0.1, 0.15) is 56.7 Å². The predicted molar refractivity (Wildman–Crippen MR) is 87.3 cm³/mol. The summed E-state index contributed by atoms with van der Waals surface area (Å²) in [7, 11) is 0. The van der Waals surface area contributed by atoms with Gasteiger partial charge >= 0.3 is 0 Å². The average molecular weight is 287 g/mol. The molecular weight excluding hydrogens is 258 g/mol. The first kappa shape index (κ1) is 15.0. The number of pyridine rings is 1. The van der Waals surface area contributed by atoms with Crippen LogP contribution in [-0.4, -0.2) is 34.6 Å². The number of piperazine rings is 1. The van der Waals surface area contributed by atoms with Crippen LogP contribution in [0.4, 0.5) is 0 Å². The second-order valence-electron chi connectivity index (χ2n) is 6.92. The fraction of sp³-hybridized carbons (Fsp3) is 0.722. The summed E-state index contributed by atoms with van der Waals surface area (Å²) in [5, 5.41) is 3.80. The molecule has 1 saturated carbocycles. The first-order valence-electron chi connectivity index (χ1n) is 8.62. The summed E-state index contributed by atoms with van der Waals surface area (Å²) in [4.78, 5) is 7.40. The minimum atomic E-state index is 0.383. The molecule has 1 aromatic heterocycles. The van der Waals surface area contributed by atoms with E-state index >= 15 is 0 Å². The average Bonchev–Trinajstić information content (AvgIpc) is 2.53. The van der Waals surface area contributed by atoms with Gasteiger partial charge in [-0.1, -0.05) is 32.3 Å². The molecule has 0 amide bonds. The van der Waals surface area contributed by atoms with Crippen molar-refractivity contribution in [1.29, 1.82) is 0 Å². The quantitative estimate of drug-likeness (QED) is 0.925. The van der Waals surface area contributed by atoms with Crippen LogP contribution in [0.3, 0.4) is 0 Å². The van der Waals surface area contributed by atoms with E-state index in [9.17, 15) is 0 Å². The minimum absolute atomic E-state index is 0.383. The third-order valence-electron chi connectivity index (χ3n) is 5.57. The van der Waals surface area contributed by atoms with Gasteiger partial charge in [0.05, 0.1) is 5.69 Å². The van der Waals surface area contributed by atoms with Crippen LogP contribution < -0.4 is 5.32 Å². The summed E-state index contributed by atoms with van der Waals surface area (Å²) in [6.45, 7) is 7.84. The zero-order valence-electron chi connectivity index (χ0n) is 13.6. The zero-order chi connectivity index (χ0) is 14.7. The monoisotopic (exact) mass is 287 g/mol. The van der Waals surface area contributed by atoms with Gasteiger partial charge in [-0.2, -0.15) is 0 Å². The number of hydrogen-bond acceptors (Lipinski definition) is 3. The lowest BCUT2D eigenvalue weighted by molar-refractivity contribution is 0.00175. The largest absolute Gasteiger partial charge is 0.311 e. The fourth-order valence-electron chi connectivity index (χ4n) is 4.04. The predicted octanol–water partition coefficient (Wildman–Crippen LogP) is 3.28. The molecule has 2 aliphatic rings. The van der Waals surface area contributed by atoms with Gasteiger partial charge in [-0.05, 0) is 37.8 Å². The Kier molecular flexibility index (Phi) is 4.60. The molecule has 3 rings (SSSR count). The van der Waals surface area contributed by atoms with Crippen LogP contribution in [0.15, 0.2) is 18.3 Å². The number of aromatic nitrogens is 1. The number of aryl methyl sites for hydroxylation is 1. The van der Waals surface area contributed by atoms with Gasteiger partial charge in [0.2, 0.25) is 0 Å². The first-order chi connectivity index (χ1) is 10.2. The molecule has 3 nitrogen and oxygen atoms in total. The van der Waals surface area contributed by atoms with Crippen molar-refractivity contribution in [2.24, 2.45) is 0 Å². The smallest absolute Gasteiger partial charge is 0.0573 e. The maximum atomic E-state index is 4.64. The fourth-order valence-corrected chi connectivity index (χ4v) is 4.04. The van der Waals surface area contributed by atoms with E-state index in [1.165, 1.54) is 56.3 Å². The Balaban J connectivity index is 1.81. The lowest BCUT2D eigenvalue weighted by Gasteiger charge is -2.52. The Hall–Kier alpha value is -0.930. The molecule has 0 radical (unpaired) electrons. The highest BCUT2D eigenvalue weighted by Gasteiger charge is 2.41. The van der Waals surface area contributed by atoms with E-state index in [4.69, 9.17) is 0 Å². The van der Waals surface area contributed by atoms with Crippen molar-refractivity contribution in [3.8, 4) is 0 Å². The molecule has 116 valence electrons. The van der Waals surface area contributed by atoms with Gasteiger partial charge < -0.3 is 5.32 Å². The van der Waals surface area contributed by atoms with Crippen molar-refractivity contribution in [1.82, 2.24) is 15.2 Å². The highest BCUT2D eigenvalue weighted by molar-refractivity contribution is 5.18. The van der Waals surface area contributed by atoms with Gasteiger partial charge in [-0.15, -0.1) is 0 Å². The van der Waals surface area contributed by atoms with Gasteiger partial charge in [0.1, 0.15) is 0 Å². The Morgan fingerprint density at radius 3 is 2.86 bits per heavy atom. The minimum Gasteiger partial charge on any atom is -0.311 e. The third kappa shape index (κ3) is 3.14. The van der Waals surface area contributed by atoms with Crippen molar-refractivity contribution >= 4 is 0 Å². The van der Waals surface area contributed by atoms with Crippen molar-refractivity contribution < 1.29 is 0 Å². The second kappa shape index (κ2) is 6.45. The first-order valence-corrected chi connectivity index (χ1v) is 8.62. The molecule has 1 aliphatic heterocycles. The Labute approximate surface area is 129 Å². The topological polar surface area (TPSA) is 28.2 Å². The molecule has 1 aliphatic carbocycles. The van der Waals surface area contributed by atoms with Gasteiger partial charge in [0.15, 0.2) is 0 Å². The highest BCUT2D eigenvalue weighted by Crippen LogP contribution is 2.36. The number of rotatable bonds is 3. The number of nitrogens with zero attached hydrogens (tertiary/aromatic N) is 2. The van der Waals surface area contributed by atoms with E-state index < -0.39 is 0 Å². The normalized spacial score (nSPS) is 26.1. The molecule has 21 heavy (non-hydrogen) atoms. The Morgan fingerprint density at radius 2 is 2.14 bits per heavy atom. The SMILES string of the molecule is CCC1CN(Cc2ncccc2C)C2(CCCCC2)CN1. The maximum Gasteiger partial charge on any atom is 0.0573 e.